The van der Waals surface area contributed by atoms with Gasteiger partial charge in [0.15, 0.2) is 0 Å². The van der Waals surface area contributed by atoms with Crippen molar-refractivity contribution in [3.8, 4) is 0 Å². The van der Waals surface area contributed by atoms with Gasteiger partial charge in [0.05, 0.1) is 17.6 Å². The highest BCUT2D eigenvalue weighted by Gasteiger charge is 2.01. The van der Waals surface area contributed by atoms with Crippen LogP contribution in [0.15, 0.2) is 6.20 Å². The maximum atomic E-state index is 5.69. The molecule has 1 rings (SSSR count). The normalized spacial score (nSPS) is 10.2. The molecule has 0 saturated carbocycles. The summed E-state index contributed by atoms with van der Waals surface area (Å²) in [5.41, 5.74) is 12.7. The van der Waals surface area contributed by atoms with Crippen LogP contribution >= 0.6 is 0 Å². The summed E-state index contributed by atoms with van der Waals surface area (Å²) in [6.45, 7) is 2.16. The van der Waals surface area contributed by atoms with Gasteiger partial charge in [0.25, 0.3) is 0 Å². The SMILES string of the molecule is CCCCCc1nc(N)ncc1N. The number of anilines is 2. The first-order chi connectivity index (χ1) is 6.24. The third kappa shape index (κ3) is 2.89. The van der Waals surface area contributed by atoms with Crippen molar-refractivity contribution in [2.45, 2.75) is 32.6 Å². The first-order valence-corrected chi connectivity index (χ1v) is 4.61. The summed E-state index contributed by atoms with van der Waals surface area (Å²) in [6, 6.07) is 0. The van der Waals surface area contributed by atoms with Gasteiger partial charge in [-0.25, -0.2) is 9.97 Å². The lowest BCUT2D eigenvalue weighted by atomic mass is 10.1. The molecule has 0 saturated heterocycles. The van der Waals surface area contributed by atoms with Gasteiger partial charge < -0.3 is 11.5 Å². The molecule has 4 N–H and O–H groups in total. The van der Waals surface area contributed by atoms with Gasteiger partial charge in [-0.3, -0.25) is 0 Å². The number of hydrogen-bond donors (Lipinski definition) is 2. The molecule has 4 heteroatoms. The molecular weight excluding hydrogens is 164 g/mol. The zero-order chi connectivity index (χ0) is 9.68. The lowest BCUT2D eigenvalue weighted by Gasteiger charge is -2.03. The molecule has 13 heavy (non-hydrogen) atoms. The smallest absolute Gasteiger partial charge is 0.220 e. The molecule has 0 atom stereocenters. The number of unbranched alkanes of at least 4 members (excludes halogenated alkanes) is 2. The van der Waals surface area contributed by atoms with Gasteiger partial charge in [0.1, 0.15) is 0 Å². The predicted octanol–water partition coefficient (Wildman–Crippen LogP) is 1.37. The minimum atomic E-state index is 0.306. The third-order valence-electron chi connectivity index (χ3n) is 1.94. The van der Waals surface area contributed by atoms with Crippen LogP contribution in [0.25, 0.3) is 0 Å². The number of aromatic nitrogens is 2. The summed E-state index contributed by atoms with van der Waals surface area (Å²) >= 11 is 0. The highest BCUT2D eigenvalue weighted by atomic mass is 15.0. The first-order valence-electron chi connectivity index (χ1n) is 4.61. The number of aryl methyl sites for hydroxylation is 1. The van der Waals surface area contributed by atoms with Crippen molar-refractivity contribution in [2.75, 3.05) is 11.5 Å². The highest BCUT2D eigenvalue weighted by molar-refractivity contribution is 5.42. The van der Waals surface area contributed by atoms with Gasteiger partial charge in [-0.15, -0.1) is 0 Å². The lowest BCUT2D eigenvalue weighted by Crippen LogP contribution is -2.03. The average molecular weight is 180 g/mol. The average Bonchev–Trinajstić information content (AvgIpc) is 2.11. The molecular formula is C9H16N4. The van der Waals surface area contributed by atoms with E-state index < -0.39 is 0 Å². The van der Waals surface area contributed by atoms with Gasteiger partial charge in [-0.05, 0) is 12.8 Å². The Morgan fingerprint density at radius 2 is 2.08 bits per heavy atom. The number of nitrogen functional groups attached to an aromatic ring is 2. The Bertz CT molecular complexity index is 272. The minimum absolute atomic E-state index is 0.306. The second-order valence-electron chi connectivity index (χ2n) is 3.09. The van der Waals surface area contributed by atoms with E-state index in [1.165, 1.54) is 12.8 Å². The van der Waals surface area contributed by atoms with Crippen molar-refractivity contribution in [1.82, 2.24) is 9.97 Å². The van der Waals surface area contributed by atoms with E-state index in [0.29, 0.717) is 11.6 Å². The molecule has 0 aliphatic heterocycles. The molecule has 0 aliphatic rings. The van der Waals surface area contributed by atoms with Gasteiger partial charge in [-0.2, -0.15) is 0 Å². The number of hydrogen-bond acceptors (Lipinski definition) is 4. The molecule has 72 valence electrons. The monoisotopic (exact) mass is 180 g/mol. The van der Waals surface area contributed by atoms with Crippen LogP contribution < -0.4 is 11.5 Å². The number of nitrogens with two attached hydrogens (primary N) is 2. The standard InChI is InChI=1S/C9H16N4/c1-2-3-4-5-8-7(10)6-12-9(11)13-8/h6H,2-5,10H2,1H3,(H2,11,12,13). The maximum absolute atomic E-state index is 5.69. The van der Waals surface area contributed by atoms with E-state index in [2.05, 4.69) is 16.9 Å². The summed E-state index contributed by atoms with van der Waals surface area (Å²) in [4.78, 5) is 7.90. The molecule has 0 bridgehead atoms. The van der Waals surface area contributed by atoms with E-state index in [0.717, 1.165) is 18.5 Å². The quantitative estimate of drug-likeness (QED) is 0.686. The van der Waals surface area contributed by atoms with E-state index in [1.54, 1.807) is 6.20 Å². The van der Waals surface area contributed by atoms with Crippen LogP contribution in [0.3, 0.4) is 0 Å². The van der Waals surface area contributed by atoms with Crippen molar-refractivity contribution >= 4 is 11.6 Å². The molecule has 0 spiro atoms. The van der Waals surface area contributed by atoms with E-state index in [9.17, 15) is 0 Å². The van der Waals surface area contributed by atoms with Gasteiger partial charge in [0, 0.05) is 0 Å². The zero-order valence-corrected chi connectivity index (χ0v) is 7.95. The Hall–Kier alpha value is -1.32. The predicted molar refractivity (Wildman–Crippen MR) is 54.1 cm³/mol. The van der Waals surface area contributed by atoms with Crippen LogP contribution in [0.5, 0.6) is 0 Å². The molecule has 0 aliphatic carbocycles. The fraction of sp³-hybridized carbons (Fsp3) is 0.556. The van der Waals surface area contributed by atoms with Crippen LogP contribution in [0.4, 0.5) is 11.6 Å². The Morgan fingerprint density at radius 1 is 1.31 bits per heavy atom. The topological polar surface area (TPSA) is 77.8 Å². The Morgan fingerprint density at radius 3 is 2.77 bits per heavy atom. The Labute approximate surface area is 78.4 Å². The van der Waals surface area contributed by atoms with Gasteiger partial charge in [-0.1, -0.05) is 19.8 Å². The largest absolute Gasteiger partial charge is 0.396 e. The van der Waals surface area contributed by atoms with Crippen LogP contribution in [-0.4, -0.2) is 9.97 Å². The second-order valence-corrected chi connectivity index (χ2v) is 3.09. The molecule has 1 aromatic heterocycles. The van der Waals surface area contributed by atoms with E-state index in [-0.39, 0.29) is 0 Å². The fourth-order valence-electron chi connectivity index (χ4n) is 1.18. The molecule has 0 amide bonds. The summed E-state index contributed by atoms with van der Waals surface area (Å²) in [7, 11) is 0. The molecule has 0 aromatic carbocycles. The second kappa shape index (κ2) is 4.64. The minimum Gasteiger partial charge on any atom is -0.396 e. The van der Waals surface area contributed by atoms with Crippen molar-refractivity contribution < 1.29 is 0 Å². The van der Waals surface area contributed by atoms with E-state index >= 15 is 0 Å². The summed E-state index contributed by atoms with van der Waals surface area (Å²) in [6.07, 6.45) is 5.97. The summed E-state index contributed by atoms with van der Waals surface area (Å²) < 4.78 is 0. The summed E-state index contributed by atoms with van der Waals surface area (Å²) in [5, 5.41) is 0. The van der Waals surface area contributed by atoms with Gasteiger partial charge in [0.2, 0.25) is 5.95 Å². The van der Waals surface area contributed by atoms with Gasteiger partial charge >= 0.3 is 0 Å². The molecule has 0 unspecified atom stereocenters. The highest BCUT2D eigenvalue weighted by Crippen LogP contribution is 2.11. The lowest BCUT2D eigenvalue weighted by molar-refractivity contribution is 0.708. The molecule has 4 nitrogen and oxygen atoms in total. The molecule has 1 aromatic rings. The number of nitrogens with zero attached hydrogens (tertiary/aromatic N) is 2. The van der Waals surface area contributed by atoms with Crippen LogP contribution in [0.2, 0.25) is 0 Å². The van der Waals surface area contributed by atoms with Crippen LogP contribution in [0.1, 0.15) is 31.9 Å². The van der Waals surface area contributed by atoms with Crippen LogP contribution in [-0.2, 0) is 6.42 Å². The molecule has 0 radical (unpaired) electrons. The van der Waals surface area contributed by atoms with E-state index in [4.69, 9.17) is 11.5 Å². The Balaban J connectivity index is 2.59. The Kier molecular flexibility index (Phi) is 3.49. The number of rotatable bonds is 4. The van der Waals surface area contributed by atoms with Crippen molar-refractivity contribution in [2.24, 2.45) is 0 Å². The van der Waals surface area contributed by atoms with Crippen molar-refractivity contribution in [3.05, 3.63) is 11.9 Å². The zero-order valence-electron chi connectivity index (χ0n) is 7.95. The van der Waals surface area contributed by atoms with Crippen molar-refractivity contribution in [3.63, 3.8) is 0 Å². The molecule has 0 fully saturated rings. The molecule has 1 heterocycles. The fourth-order valence-corrected chi connectivity index (χ4v) is 1.18. The van der Waals surface area contributed by atoms with E-state index in [1.807, 2.05) is 0 Å². The first kappa shape index (κ1) is 9.77. The third-order valence-corrected chi connectivity index (χ3v) is 1.94. The van der Waals surface area contributed by atoms with Crippen molar-refractivity contribution in [1.29, 1.82) is 0 Å². The van der Waals surface area contributed by atoms with Crippen LogP contribution in [0, 0.1) is 0 Å². The summed E-state index contributed by atoms with van der Waals surface area (Å²) in [5.74, 6) is 0.306. The maximum Gasteiger partial charge on any atom is 0.220 e.